The summed E-state index contributed by atoms with van der Waals surface area (Å²) < 4.78 is 1.73. The summed E-state index contributed by atoms with van der Waals surface area (Å²) in [7, 11) is 9.90. The van der Waals surface area contributed by atoms with Crippen molar-refractivity contribution in [3.05, 3.63) is 133 Å². The molecule has 1 heterocycles. The minimum absolute atomic E-state index is 0.862. The third kappa shape index (κ3) is 6.11. The van der Waals surface area contributed by atoms with Crippen LogP contribution in [0.4, 0.5) is 56.9 Å². The van der Waals surface area contributed by atoms with Gasteiger partial charge in [0.25, 0.3) is 0 Å². The van der Waals surface area contributed by atoms with Crippen molar-refractivity contribution in [3.8, 4) is 6.19 Å². The van der Waals surface area contributed by atoms with Gasteiger partial charge in [-0.1, -0.05) is 0 Å². The number of fused-ring (bicyclic) bond motifs is 3. The lowest BCUT2D eigenvalue weighted by molar-refractivity contribution is 1.13. The molecule has 8 heteroatoms. The fraction of sp³-hybridized carbons (Fsp3) is 0.140. The van der Waals surface area contributed by atoms with E-state index in [-0.39, 0.29) is 0 Å². The predicted molar refractivity (Wildman–Crippen MR) is 218 cm³/mol. The molecule has 0 aliphatic rings. The number of aromatic nitrogens is 1. The van der Waals surface area contributed by atoms with Gasteiger partial charge in [0, 0.05) is 103 Å². The quantitative estimate of drug-likeness (QED) is 0.134. The Balaban J connectivity index is 1.43. The Morgan fingerprint density at radius 3 is 1.29 bits per heavy atom. The summed E-state index contributed by atoms with van der Waals surface area (Å²) in [6, 6.07) is 44.7. The van der Waals surface area contributed by atoms with Gasteiger partial charge in [-0.05, 0) is 140 Å². The molecule has 0 saturated carbocycles. The zero-order valence-corrected chi connectivity index (χ0v) is 29.9. The van der Waals surface area contributed by atoms with Crippen molar-refractivity contribution in [3.63, 3.8) is 0 Å². The normalized spacial score (nSPS) is 10.9. The van der Waals surface area contributed by atoms with Gasteiger partial charge in [-0.2, -0.15) is 5.26 Å². The molecule has 8 nitrogen and oxygen atoms in total. The largest absolute Gasteiger partial charge is 0.388 e. The van der Waals surface area contributed by atoms with Crippen LogP contribution in [0.15, 0.2) is 127 Å². The van der Waals surface area contributed by atoms with E-state index in [0.717, 1.165) is 84.2 Å². The summed E-state index contributed by atoms with van der Waals surface area (Å²) in [6.07, 6.45) is 2.44. The van der Waals surface area contributed by atoms with E-state index in [0.29, 0.717) is 0 Å². The van der Waals surface area contributed by atoms with Gasteiger partial charge >= 0.3 is 0 Å². The van der Waals surface area contributed by atoms with Crippen LogP contribution in [0.2, 0.25) is 0 Å². The maximum absolute atomic E-state index is 10.4. The van der Waals surface area contributed by atoms with Gasteiger partial charge < -0.3 is 30.7 Å². The number of aryl methyl sites for hydroxylation is 1. The molecule has 0 atom stereocenters. The van der Waals surface area contributed by atoms with Crippen molar-refractivity contribution in [2.24, 2.45) is 0 Å². The van der Waals surface area contributed by atoms with Gasteiger partial charge in [-0.15, -0.1) is 0 Å². The van der Waals surface area contributed by atoms with E-state index in [1.54, 1.807) is 4.57 Å². The minimum Gasteiger partial charge on any atom is -0.388 e. The van der Waals surface area contributed by atoms with Crippen molar-refractivity contribution in [2.75, 3.05) is 65.9 Å². The maximum Gasteiger partial charge on any atom is 0.189 e. The molecular weight excluding hydrogens is 629 g/mol. The highest BCUT2D eigenvalue weighted by Crippen LogP contribution is 2.42. The zero-order chi connectivity index (χ0) is 35.6. The summed E-state index contributed by atoms with van der Waals surface area (Å²) >= 11 is 0. The molecule has 1 aromatic heterocycles. The molecule has 51 heavy (non-hydrogen) atoms. The van der Waals surface area contributed by atoms with Crippen LogP contribution in [-0.2, 0) is 0 Å². The van der Waals surface area contributed by atoms with Gasteiger partial charge in [-0.25, -0.2) is 4.57 Å². The molecule has 0 fully saturated rings. The minimum atomic E-state index is 0.862. The van der Waals surface area contributed by atoms with Crippen molar-refractivity contribution < 1.29 is 0 Å². The van der Waals surface area contributed by atoms with E-state index >= 15 is 0 Å². The first kappa shape index (κ1) is 32.9. The van der Waals surface area contributed by atoms with Gasteiger partial charge in [0.2, 0.25) is 0 Å². The van der Waals surface area contributed by atoms with Crippen LogP contribution in [-0.4, -0.2) is 39.8 Å². The first-order valence-electron chi connectivity index (χ1n) is 17.0. The smallest absolute Gasteiger partial charge is 0.189 e. The van der Waals surface area contributed by atoms with Crippen molar-refractivity contribution in [2.45, 2.75) is 6.92 Å². The van der Waals surface area contributed by atoms with Gasteiger partial charge in [0.1, 0.15) is 0 Å². The van der Waals surface area contributed by atoms with Gasteiger partial charge in [-0.3, -0.25) is 0 Å². The molecule has 0 radical (unpaired) electrons. The van der Waals surface area contributed by atoms with E-state index in [4.69, 9.17) is 0 Å². The van der Waals surface area contributed by atoms with Gasteiger partial charge in [0.15, 0.2) is 6.19 Å². The molecule has 254 valence electrons. The van der Waals surface area contributed by atoms with Crippen molar-refractivity contribution in [1.82, 2.24) is 4.57 Å². The van der Waals surface area contributed by atoms with Crippen LogP contribution in [0, 0.1) is 18.4 Å². The van der Waals surface area contributed by atoms with Crippen LogP contribution in [0.3, 0.4) is 0 Å². The molecule has 0 amide bonds. The second kappa shape index (κ2) is 13.7. The van der Waals surface area contributed by atoms with Gasteiger partial charge in [0.05, 0.1) is 11.0 Å². The molecule has 0 bridgehead atoms. The Bertz CT molecular complexity index is 2320. The van der Waals surface area contributed by atoms with E-state index in [2.05, 4.69) is 185 Å². The molecule has 7 rings (SSSR count). The highest BCUT2D eigenvalue weighted by molar-refractivity contribution is 6.11. The summed E-state index contributed by atoms with van der Waals surface area (Å²) in [5, 5.41) is 22.2. The number of hydrogen-bond acceptors (Lipinski definition) is 7. The summed E-state index contributed by atoms with van der Waals surface area (Å²) in [5.74, 6) is 0. The first-order valence-corrected chi connectivity index (χ1v) is 17.0. The lowest BCUT2D eigenvalue weighted by Crippen LogP contribution is -2.12. The number of anilines is 10. The van der Waals surface area contributed by atoms with E-state index in [9.17, 15) is 5.26 Å². The van der Waals surface area contributed by atoms with Crippen LogP contribution >= 0.6 is 0 Å². The Labute approximate surface area is 299 Å². The lowest BCUT2D eigenvalue weighted by Gasteiger charge is -2.27. The topological polar surface area (TPSA) is 74.5 Å². The standard InChI is InChI=1S/C43H42N8/c1-29-25-36(19-22-41(29)47-4)51(35-17-15-32(16-18-35)48(5)6)38-21-24-43-40(27-38)39-26-37(20-23-42(39)49(43)28-44)50(33-11-7-30(45-2)8-12-33)34-13-9-31(46-3)10-14-34/h7-27,45-47H,1-6H3. The monoisotopic (exact) mass is 670 g/mol. The summed E-state index contributed by atoms with van der Waals surface area (Å²) in [5.41, 5.74) is 13.3. The molecule has 0 aliphatic carbocycles. The average Bonchev–Trinajstić information content (AvgIpc) is 3.48. The molecule has 0 unspecified atom stereocenters. The number of nitriles is 1. The number of nitrogens with zero attached hydrogens (tertiary/aromatic N) is 5. The number of rotatable bonds is 10. The van der Waals surface area contributed by atoms with Crippen molar-refractivity contribution >= 4 is 78.7 Å². The SMILES string of the molecule is CNc1ccc(N(c2ccc(NC)cc2)c2ccc3c(c2)c2cc(N(c4ccc(N(C)C)cc4)c4ccc(NC)c(C)c4)ccc2n3C#N)cc1. The molecule has 0 aliphatic heterocycles. The predicted octanol–water partition coefficient (Wildman–Crippen LogP) is 10.6. The summed E-state index contributed by atoms with van der Waals surface area (Å²) in [6.45, 7) is 2.12. The van der Waals surface area contributed by atoms with Crippen LogP contribution in [0.1, 0.15) is 5.56 Å². The lowest BCUT2D eigenvalue weighted by atomic mass is 10.1. The average molecular weight is 671 g/mol. The Kier molecular flexibility index (Phi) is 8.87. The summed E-state index contributed by atoms with van der Waals surface area (Å²) in [4.78, 5) is 6.64. The second-order valence-electron chi connectivity index (χ2n) is 12.8. The third-order valence-corrected chi connectivity index (χ3v) is 9.54. The Morgan fingerprint density at radius 2 is 0.882 bits per heavy atom. The fourth-order valence-corrected chi connectivity index (χ4v) is 6.80. The molecule has 7 aromatic rings. The zero-order valence-electron chi connectivity index (χ0n) is 29.9. The van der Waals surface area contributed by atoms with Crippen molar-refractivity contribution in [1.29, 1.82) is 5.26 Å². The maximum atomic E-state index is 10.4. The second-order valence-corrected chi connectivity index (χ2v) is 12.8. The molecule has 0 saturated heterocycles. The molecule has 6 aromatic carbocycles. The van der Waals surface area contributed by atoms with E-state index in [1.165, 1.54) is 0 Å². The van der Waals surface area contributed by atoms with E-state index < -0.39 is 0 Å². The molecule has 3 N–H and O–H groups in total. The fourth-order valence-electron chi connectivity index (χ4n) is 6.80. The molecular formula is C43H42N8. The third-order valence-electron chi connectivity index (χ3n) is 9.54. The highest BCUT2D eigenvalue weighted by Gasteiger charge is 2.20. The highest BCUT2D eigenvalue weighted by atomic mass is 15.2. The van der Waals surface area contributed by atoms with Crippen LogP contribution < -0.4 is 30.7 Å². The van der Waals surface area contributed by atoms with E-state index in [1.807, 2.05) is 21.1 Å². The number of benzene rings is 6. The van der Waals surface area contributed by atoms with Crippen LogP contribution in [0.5, 0.6) is 0 Å². The first-order chi connectivity index (χ1) is 24.8. The number of nitrogens with one attached hydrogen (secondary N) is 3. The van der Waals surface area contributed by atoms with Crippen LogP contribution in [0.25, 0.3) is 21.8 Å². The molecule has 0 spiro atoms. The Hall–Kier alpha value is -6.59. The Morgan fingerprint density at radius 1 is 0.490 bits per heavy atom. The number of hydrogen-bond donors (Lipinski definition) is 3.